The molecule has 1 saturated carbocycles. The lowest BCUT2D eigenvalue weighted by Crippen LogP contribution is -2.52. The van der Waals surface area contributed by atoms with Crippen LogP contribution in [0.25, 0.3) is 10.9 Å². The molecular weight excluding hydrogens is 487 g/mol. The summed E-state index contributed by atoms with van der Waals surface area (Å²) in [5, 5.41) is 16.7. The standard InChI is InChI=1S/C24H29FN6O6/c1-12(24(36)37)28-23(35)17(9-20(26)32)29-22(34)15-11-31(13-2-3-13)18-10-19(30-6-4-27-5-7-30)16(25)8-14(18)21(15)33/h8,10-13,17,27H,2-7,9H2,1H3,(H2,26,32)(H,28,35)(H,29,34)(H,36,37). The largest absolute Gasteiger partial charge is 0.480 e. The number of benzene rings is 1. The summed E-state index contributed by atoms with van der Waals surface area (Å²) in [7, 11) is 0. The van der Waals surface area contributed by atoms with Crippen LogP contribution >= 0.6 is 0 Å². The van der Waals surface area contributed by atoms with Crippen molar-refractivity contribution in [3.05, 3.63) is 39.9 Å². The first kappa shape index (κ1) is 26.1. The average Bonchev–Trinajstić information content (AvgIpc) is 3.69. The summed E-state index contributed by atoms with van der Waals surface area (Å²) in [5.41, 5.74) is 5.02. The molecule has 12 nitrogen and oxygen atoms in total. The van der Waals surface area contributed by atoms with Gasteiger partial charge < -0.3 is 36.3 Å². The second kappa shape index (κ2) is 10.5. The molecule has 2 aliphatic rings. The van der Waals surface area contributed by atoms with Crippen molar-refractivity contribution in [1.29, 1.82) is 0 Å². The van der Waals surface area contributed by atoms with Crippen LogP contribution in [0, 0.1) is 5.82 Å². The number of hydrogen-bond acceptors (Lipinski definition) is 7. The molecule has 0 bridgehead atoms. The Hall–Kier alpha value is -4.00. The number of pyridine rings is 1. The fourth-order valence-corrected chi connectivity index (χ4v) is 4.35. The Morgan fingerprint density at radius 1 is 1.19 bits per heavy atom. The minimum absolute atomic E-state index is 0.0198. The molecule has 37 heavy (non-hydrogen) atoms. The third-order valence-corrected chi connectivity index (χ3v) is 6.50. The summed E-state index contributed by atoms with van der Waals surface area (Å²) in [4.78, 5) is 63.5. The zero-order valence-corrected chi connectivity index (χ0v) is 20.3. The van der Waals surface area contributed by atoms with Gasteiger partial charge in [-0.15, -0.1) is 0 Å². The number of nitrogens with zero attached hydrogens (tertiary/aromatic N) is 2. The SMILES string of the molecule is CC(NC(=O)C(CC(N)=O)NC(=O)c1cn(C2CC2)c2cc(N3CCNCC3)c(F)cc2c1=O)C(=O)O. The molecule has 2 unspecified atom stereocenters. The molecule has 1 saturated heterocycles. The first-order valence-corrected chi connectivity index (χ1v) is 12.0. The molecule has 6 N–H and O–H groups in total. The van der Waals surface area contributed by atoms with E-state index in [0.717, 1.165) is 18.9 Å². The molecule has 198 valence electrons. The molecule has 2 heterocycles. The Morgan fingerprint density at radius 2 is 1.86 bits per heavy atom. The monoisotopic (exact) mass is 516 g/mol. The number of fused-ring (bicyclic) bond motifs is 1. The number of halogens is 1. The summed E-state index contributed by atoms with van der Waals surface area (Å²) in [5.74, 6) is -4.73. The van der Waals surface area contributed by atoms with Crippen LogP contribution in [0.4, 0.5) is 10.1 Å². The van der Waals surface area contributed by atoms with Gasteiger partial charge in [-0.3, -0.25) is 24.0 Å². The van der Waals surface area contributed by atoms with Gasteiger partial charge >= 0.3 is 5.97 Å². The number of piperazine rings is 1. The Morgan fingerprint density at radius 3 is 2.46 bits per heavy atom. The predicted octanol–water partition coefficient (Wildman–Crippen LogP) is -0.552. The number of amides is 3. The van der Waals surface area contributed by atoms with E-state index in [1.165, 1.54) is 13.1 Å². The lowest BCUT2D eigenvalue weighted by Gasteiger charge is -2.30. The van der Waals surface area contributed by atoms with Gasteiger partial charge in [-0.2, -0.15) is 0 Å². The highest BCUT2D eigenvalue weighted by atomic mass is 19.1. The lowest BCUT2D eigenvalue weighted by molar-refractivity contribution is -0.141. The number of primary amides is 1. The number of aromatic nitrogens is 1. The number of carboxylic acids is 1. The van der Waals surface area contributed by atoms with Crippen molar-refractivity contribution in [1.82, 2.24) is 20.5 Å². The van der Waals surface area contributed by atoms with Crippen LogP contribution in [0.1, 0.15) is 42.6 Å². The fraction of sp³-hybridized carbons (Fsp3) is 0.458. The Kier molecular flexibility index (Phi) is 7.43. The Balaban J connectivity index is 1.70. The summed E-state index contributed by atoms with van der Waals surface area (Å²) < 4.78 is 16.9. The van der Waals surface area contributed by atoms with Crippen LogP contribution in [0.2, 0.25) is 0 Å². The van der Waals surface area contributed by atoms with Crippen molar-refractivity contribution in [3.63, 3.8) is 0 Å². The zero-order chi connectivity index (χ0) is 26.9. The summed E-state index contributed by atoms with van der Waals surface area (Å²) in [6, 6.07) is -0.0125. The van der Waals surface area contributed by atoms with E-state index in [4.69, 9.17) is 10.8 Å². The molecule has 3 amide bonds. The van der Waals surface area contributed by atoms with Gasteiger partial charge in [0.05, 0.1) is 17.6 Å². The van der Waals surface area contributed by atoms with Crippen molar-refractivity contribution in [2.45, 2.75) is 44.3 Å². The quantitative estimate of drug-likeness (QED) is 0.295. The fourth-order valence-electron chi connectivity index (χ4n) is 4.35. The maximum Gasteiger partial charge on any atom is 0.325 e. The van der Waals surface area contributed by atoms with E-state index in [1.807, 2.05) is 4.90 Å². The lowest BCUT2D eigenvalue weighted by atomic mass is 10.1. The van der Waals surface area contributed by atoms with Crippen molar-refractivity contribution in [2.24, 2.45) is 5.73 Å². The summed E-state index contributed by atoms with van der Waals surface area (Å²) in [6.45, 7) is 3.85. The van der Waals surface area contributed by atoms with Crippen LogP contribution in [-0.4, -0.2) is 71.6 Å². The van der Waals surface area contributed by atoms with E-state index in [9.17, 15) is 24.0 Å². The van der Waals surface area contributed by atoms with Crippen molar-refractivity contribution in [3.8, 4) is 0 Å². The van der Waals surface area contributed by atoms with Gasteiger partial charge in [-0.1, -0.05) is 0 Å². The minimum Gasteiger partial charge on any atom is -0.480 e. The van der Waals surface area contributed by atoms with Gasteiger partial charge in [0.25, 0.3) is 5.91 Å². The van der Waals surface area contributed by atoms with Gasteiger partial charge in [-0.25, -0.2) is 4.39 Å². The number of aliphatic carboxylic acids is 1. The first-order chi connectivity index (χ1) is 17.6. The second-order valence-corrected chi connectivity index (χ2v) is 9.33. The van der Waals surface area contributed by atoms with Crippen molar-refractivity contribution < 1.29 is 28.7 Å². The first-order valence-electron chi connectivity index (χ1n) is 12.0. The number of hydrogen-bond donors (Lipinski definition) is 5. The molecule has 0 spiro atoms. The van der Waals surface area contributed by atoms with E-state index >= 15 is 4.39 Å². The van der Waals surface area contributed by atoms with Gasteiger partial charge in [0.15, 0.2) is 0 Å². The number of nitrogens with two attached hydrogens (primary N) is 1. The molecule has 4 rings (SSSR count). The summed E-state index contributed by atoms with van der Waals surface area (Å²) >= 11 is 0. The van der Waals surface area contributed by atoms with Crippen LogP contribution in [0.5, 0.6) is 0 Å². The molecule has 1 aromatic heterocycles. The van der Waals surface area contributed by atoms with E-state index < -0.39 is 53.4 Å². The Labute approximate surface area is 211 Å². The predicted molar refractivity (Wildman–Crippen MR) is 132 cm³/mol. The van der Waals surface area contributed by atoms with Gasteiger partial charge in [-0.05, 0) is 31.9 Å². The highest BCUT2D eigenvalue weighted by Gasteiger charge is 2.31. The molecule has 13 heteroatoms. The maximum atomic E-state index is 15.1. The molecule has 1 aliphatic carbocycles. The molecular formula is C24H29FN6O6. The number of anilines is 1. The minimum atomic E-state index is -1.51. The normalized spacial score (nSPS) is 17.2. The highest BCUT2D eigenvalue weighted by molar-refractivity contribution is 6.01. The van der Waals surface area contributed by atoms with Gasteiger partial charge in [0.1, 0.15) is 23.5 Å². The van der Waals surface area contributed by atoms with E-state index in [2.05, 4.69) is 16.0 Å². The smallest absolute Gasteiger partial charge is 0.325 e. The maximum absolute atomic E-state index is 15.1. The van der Waals surface area contributed by atoms with Gasteiger partial charge in [0.2, 0.25) is 17.2 Å². The van der Waals surface area contributed by atoms with Crippen molar-refractivity contribution >= 4 is 40.3 Å². The van der Waals surface area contributed by atoms with E-state index in [0.29, 0.717) is 37.4 Å². The molecule has 2 atom stereocenters. The molecule has 2 aromatic rings. The number of carbonyl (C=O) groups is 4. The van der Waals surface area contributed by atoms with Crippen molar-refractivity contribution in [2.75, 3.05) is 31.1 Å². The van der Waals surface area contributed by atoms with E-state index in [-0.39, 0.29) is 17.0 Å². The number of rotatable bonds is 9. The van der Waals surface area contributed by atoms with Crippen LogP contribution < -0.4 is 32.0 Å². The Bertz CT molecular complexity index is 1320. The van der Waals surface area contributed by atoms with E-state index in [1.54, 1.807) is 10.6 Å². The van der Waals surface area contributed by atoms with Crippen LogP contribution in [0.3, 0.4) is 0 Å². The average molecular weight is 517 g/mol. The second-order valence-electron chi connectivity index (χ2n) is 9.33. The third kappa shape index (κ3) is 5.71. The van der Waals surface area contributed by atoms with Crippen LogP contribution in [-0.2, 0) is 14.4 Å². The summed E-state index contributed by atoms with van der Waals surface area (Å²) in [6.07, 6.45) is 2.41. The molecule has 1 aromatic carbocycles. The molecule has 2 fully saturated rings. The third-order valence-electron chi connectivity index (χ3n) is 6.50. The highest BCUT2D eigenvalue weighted by Crippen LogP contribution is 2.38. The topological polar surface area (TPSA) is 176 Å². The molecule has 0 radical (unpaired) electrons. The number of carboxylic acid groups (broad SMARTS) is 1. The van der Waals surface area contributed by atoms with Gasteiger partial charge in [0, 0.05) is 43.8 Å². The molecule has 1 aliphatic heterocycles. The van der Waals surface area contributed by atoms with Crippen LogP contribution in [0.15, 0.2) is 23.1 Å². The number of nitrogens with one attached hydrogen (secondary N) is 3. The zero-order valence-electron chi connectivity index (χ0n) is 20.3. The number of carbonyl (C=O) groups excluding carboxylic acids is 3.